The van der Waals surface area contributed by atoms with Gasteiger partial charge < -0.3 is 10.1 Å². The third kappa shape index (κ3) is 5.21. The molecule has 19 heavy (non-hydrogen) atoms. The highest BCUT2D eigenvalue weighted by atomic mass is 16.5. The fraction of sp³-hybridized carbons (Fsp3) is 0.357. The summed E-state index contributed by atoms with van der Waals surface area (Å²) in [4.78, 5) is 26.2. The predicted molar refractivity (Wildman–Crippen MR) is 71.4 cm³/mol. The zero-order chi connectivity index (χ0) is 14.3. The molecule has 0 spiro atoms. The molecule has 0 atom stereocenters. The molecule has 1 aromatic rings. The molecule has 1 aromatic heterocycles. The molecule has 0 bridgehead atoms. The Balaban J connectivity index is 2.72. The number of esters is 1. The van der Waals surface area contributed by atoms with Gasteiger partial charge in [0.1, 0.15) is 12.2 Å². The highest BCUT2D eigenvalue weighted by Crippen LogP contribution is 2.09. The summed E-state index contributed by atoms with van der Waals surface area (Å²) < 4.78 is 4.77. The van der Waals surface area contributed by atoms with Crippen molar-refractivity contribution >= 4 is 17.7 Å². The molecule has 5 nitrogen and oxygen atoms in total. The van der Waals surface area contributed by atoms with Crippen molar-refractivity contribution in [2.45, 2.75) is 27.2 Å². The highest BCUT2D eigenvalue weighted by molar-refractivity contribution is 5.87. The van der Waals surface area contributed by atoms with Crippen molar-refractivity contribution in [2.24, 2.45) is 0 Å². The molecule has 1 amide bonds. The van der Waals surface area contributed by atoms with Crippen LogP contribution in [-0.4, -0.2) is 23.5 Å². The highest BCUT2D eigenvalue weighted by Gasteiger charge is 2.01. The van der Waals surface area contributed by atoms with Crippen LogP contribution >= 0.6 is 0 Å². The molecule has 1 rings (SSSR count). The molecule has 0 radical (unpaired) electrons. The van der Waals surface area contributed by atoms with Crippen LogP contribution in [0.15, 0.2) is 12.1 Å². The summed E-state index contributed by atoms with van der Waals surface area (Å²) in [6.07, 6.45) is 0.0563. The van der Waals surface area contributed by atoms with Gasteiger partial charge in [0.15, 0.2) is 0 Å². The van der Waals surface area contributed by atoms with Gasteiger partial charge in [-0.15, -0.1) is 0 Å². The van der Waals surface area contributed by atoms with E-state index in [1.54, 1.807) is 26.0 Å². The smallest absolute Gasteiger partial charge is 0.317 e. The second-order valence-corrected chi connectivity index (χ2v) is 3.79. The van der Waals surface area contributed by atoms with Crippen LogP contribution in [0.25, 0.3) is 0 Å². The number of nitrogens with zero attached hydrogens (tertiary/aromatic N) is 1. The fourth-order valence-electron chi connectivity index (χ4n) is 1.37. The molecule has 0 aliphatic carbocycles. The Hall–Kier alpha value is -2.35. The number of carbonyl (C=O) groups is 2. The van der Waals surface area contributed by atoms with Gasteiger partial charge in [-0.25, -0.2) is 4.98 Å². The van der Waals surface area contributed by atoms with Crippen molar-refractivity contribution in [1.29, 1.82) is 0 Å². The van der Waals surface area contributed by atoms with Gasteiger partial charge in [-0.05, 0) is 26.0 Å². The zero-order valence-corrected chi connectivity index (χ0v) is 11.2. The molecule has 5 heteroatoms. The molecule has 0 aromatic carbocycles. The Bertz CT molecular complexity index is 541. The minimum Gasteiger partial charge on any atom is -0.465 e. The van der Waals surface area contributed by atoms with Crippen LogP contribution in [0.3, 0.4) is 0 Å². The molecule has 1 heterocycles. The third-order valence-corrected chi connectivity index (χ3v) is 2.15. The summed E-state index contributed by atoms with van der Waals surface area (Å²) in [5.74, 6) is 5.57. The lowest BCUT2D eigenvalue weighted by molar-refractivity contribution is -0.141. The summed E-state index contributed by atoms with van der Waals surface area (Å²) >= 11 is 0. The van der Waals surface area contributed by atoms with Crippen LogP contribution < -0.4 is 5.32 Å². The first kappa shape index (κ1) is 14.7. The van der Waals surface area contributed by atoms with Crippen molar-refractivity contribution in [3.05, 3.63) is 23.4 Å². The fourth-order valence-corrected chi connectivity index (χ4v) is 1.37. The normalized spacial score (nSPS) is 9.21. The Morgan fingerprint density at radius 1 is 1.42 bits per heavy atom. The summed E-state index contributed by atoms with van der Waals surface area (Å²) in [5, 5.41) is 2.59. The van der Waals surface area contributed by atoms with E-state index in [1.165, 1.54) is 6.92 Å². The van der Waals surface area contributed by atoms with E-state index in [9.17, 15) is 9.59 Å². The Labute approximate surface area is 112 Å². The number of hydrogen-bond donors (Lipinski definition) is 1. The maximum absolute atomic E-state index is 11.1. The van der Waals surface area contributed by atoms with Crippen LogP contribution in [-0.2, 0) is 14.3 Å². The Kier molecular flexibility index (Phi) is 5.55. The minimum absolute atomic E-state index is 0.0563. The third-order valence-electron chi connectivity index (χ3n) is 2.15. The maximum atomic E-state index is 11.1. The molecule has 0 saturated carbocycles. The number of amides is 1. The standard InChI is InChI=1S/C14H16N2O3/c1-4-19-14(18)7-5-6-12-8-9-13(15-10(12)2)16-11(3)17/h8-9H,4,7H2,1-3H3,(H,15,16,17). The summed E-state index contributed by atoms with van der Waals surface area (Å²) in [6, 6.07) is 3.43. The number of nitrogens with one attached hydrogen (secondary N) is 1. The van der Waals surface area contributed by atoms with Crippen molar-refractivity contribution in [1.82, 2.24) is 4.98 Å². The number of anilines is 1. The van der Waals surface area contributed by atoms with Gasteiger partial charge in [-0.1, -0.05) is 11.8 Å². The first-order chi connectivity index (χ1) is 9.02. The molecule has 1 N–H and O–H groups in total. The average Bonchev–Trinajstić information content (AvgIpc) is 2.31. The van der Waals surface area contributed by atoms with Gasteiger partial charge in [0, 0.05) is 12.5 Å². The molecule has 0 aliphatic rings. The van der Waals surface area contributed by atoms with Gasteiger partial charge in [0.05, 0.1) is 12.3 Å². The lowest BCUT2D eigenvalue weighted by Gasteiger charge is -2.03. The van der Waals surface area contributed by atoms with Crippen LogP contribution in [0.1, 0.15) is 31.5 Å². The average molecular weight is 260 g/mol. The van der Waals surface area contributed by atoms with Crippen molar-refractivity contribution in [2.75, 3.05) is 11.9 Å². The van der Waals surface area contributed by atoms with Crippen LogP contribution in [0, 0.1) is 18.8 Å². The number of ether oxygens (including phenoxy) is 1. The van der Waals surface area contributed by atoms with E-state index < -0.39 is 0 Å². The first-order valence-corrected chi connectivity index (χ1v) is 5.92. The van der Waals surface area contributed by atoms with E-state index in [-0.39, 0.29) is 18.3 Å². The van der Waals surface area contributed by atoms with Gasteiger partial charge in [-0.3, -0.25) is 9.59 Å². The van der Waals surface area contributed by atoms with Gasteiger partial charge in [0.25, 0.3) is 0 Å². The van der Waals surface area contributed by atoms with Crippen molar-refractivity contribution in [3.8, 4) is 11.8 Å². The number of hydrogen-bond acceptors (Lipinski definition) is 4. The number of rotatable bonds is 3. The largest absolute Gasteiger partial charge is 0.465 e. The predicted octanol–water partition coefficient (Wildman–Crippen LogP) is 1.65. The summed E-state index contributed by atoms with van der Waals surface area (Å²) in [6.45, 7) is 5.32. The monoisotopic (exact) mass is 260 g/mol. The molecular weight excluding hydrogens is 244 g/mol. The van der Waals surface area contributed by atoms with Gasteiger partial charge in [0.2, 0.25) is 5.91 Å². The van der Waals surface area contributed by atoms with Crippen molar-refractivity contribution < 1.29 is 14.3 Å². The lowest BCUT2D eigenvalue weighted by atomic mass is 10.2. The molecule has 100 valence electrons. The van der Waals surface area contributed by atoms with E-state index in [0.29, 0.717) is 18.1 Å². The molecule has 0 aliphatic heterocycles. The SMILES string of the molecule is CCOC(=O)CC#Cc1ccc(NC(C)=O)nc1C. The first-order valence-electron chi connectivity index (χ1n) is 5.92. The number of pyridine rings is 1. The lowest BCUT2D eigenvalue weighted by Crippen LogP contribution is -2.08. The topological polar surface area (TPSA) is 68.3 Å². The molecule has 0 fully saturated rings. The van der Waals surface area contributed by atoms with Gasteiger partial charge >= 0.3 is 5.97 Å². The van der Waals surface area contributed by atoms with Crippen LogP contribution in [0.4, 0.5) is 5.82 Å². The van der Waals surface area contributed by atoms with E-state index in [4.69, 9.17) is 4.74 Å². The van der Waals surface area contributed by atoms with Crippen LogP contribution in [0.2, 0.25) is 0 Å². The molecular formula is C14H16N2O3. The van der Waals surface area contributed by atoms with Gasteiger partial charge in [-0.2, -0.15) is 0 Å². The van der Waals surface area contributed by atoms with E-state index in [1.807, 2.05) is 0 Å². The molecule has 0 saturated heterocycles. The van der Waals surface area contributed by atoms with E-state index in [0.717, 1.165) is 5.56 Å². The number of aromatic nitrogens is 1. The zero-order valence-electron chi connectivity index (χ0n) is 11.2. The minimum atomic E-state index is -0.338. The maximum Gasteiger partial charge on any atom is 0.317 e. The Morgan fingerprint density at radius 2 is 2.16 bits per heavy atom. The quantitative estimate of drug-likeness (QED) is 0.663. The summed E-state index contributed by atoms with van der Waals surface area (Å²) in [7, 11) is 0. The number of carbonyl (C=O) groups excluding carboxylic acids is 2. The summed E-state index contributed by atoms with van der Waals surface area (Å²) in [5.41, 5.74) is 1.42. The second-order valence-electron chi connectivity index (χ2n) is 3.79. The molecule has 0 unspecified atom stereocenters. The van der Waals surface area contributed by atoms with E-state index in [2.05, 4.69) is 22.1 Å². The Morgan fingerprint density at radius 3 is 2.74 bits per heavy atom. The van der Waals surface area contributed by atoms with Crippen LogP contribution in [0.5, 0.6) is 0 Å². The second kappa shape index (κ2) is 7.17. The number of aryl methyl sites for hydroxylation is 1. The van der Waals surface area contributed by atoms with Crippen molar-refractivity contribution in [3.63, 3.8) is 0 Å². The van der Waals surface area contributed by atoms with E-state index >= 15 is 0 Å².